The molecule has 2 N–H and O–H groups in total. The minimum absolute atomic E-state index is 0.208. The van der Waals surface area contributed by atoms with E-state index >= 15 is 0 Å². The van der Waals surface area contributed by atoms with Crippen molar-refractivity contribution in [1.82, 2.24) is 14.8 Å². The largest absolute Gasteiger partial charge is 0.388 e. The number of hydrogen-bond donors (Lipinski definition) is 2. The van der Waals surface area contributed by atoms with Gasteiger partial charge in [-0.3, -0.25) is 4.98 Å². The minimum atomic E-state index is -0.424. The van der Waals surface area contributed by atoms with E-state index in [1.54, 1.807) is 24.3 Å². The highest BCUT2D eigenvalue weighted by Gasteiger charge is 2.08. The fourth-order valence-electron chi connectivity index (χ4n) is 1.23. The maximum atomic E-state index is 11.4. The van der Waals surface area contributed by atoms with Crippen LogP contribution in [0.25, 0.3) is 5.69 Å². The summed E-state index contributed by atoms with van der Waals surface area (Å²) in [5.41, 5.74) is 0.0623. The Labute approximate surface area is 89.9 Å². The molecule has 2 aromatic rings. The van der Waals surface area contributed by atoms with Crippen LogP contribution in [0.4, 0.5) is 0 Å². The van der Waals surface area contributed by atoms with Crippen LogP contribution in [0.5, 0.6) is 0 Å². The van der Waals surface area contributed by atoms with Crippen molar-refractivity contribution in [2.75, 3.05) is 0 Å². The van der Waals surface area contributed by atoms with Crippen LogP contribution in [0.2, 0.25) is 5.02 Å². The summed E-state index contributed by atoms with van der Waals surface area (Å²) in [6, 6.07) is 6.85. The molecule has 0 atom stereocenters. The second kappa shape index (κ2) is 3.88. The summed E-state index contributed by atoms with van der Waals surface area (Å²) in [7, 11) is 0. The number of H-pyrrole nitrogens is 1. The number of nitrogens with one attached hydrogen (secondary N) is 1. The minimum Gasteiger partial charge on any atom is -0.388 e. The third-order valence-corrected chi connectivity index (χ3v) is 2.21. The molecule has 0 bridgehead atoms. The Kier molecular flexibility index (Phi) is 2.57. The van der Waals surface area contributed by atoms with Crippen molar-refractivity contribution >= 4 is 11.6 Å². The van der Waals surface area contributed by atoms with E-state index in [0.29, 0.717) is 10.7 Å². The van der Waals surface area contributed by atoms with Crippen molar-refractivity contribution in [3.63, 3.8) is 0 Å². The Morgan fingerprint density at radius 3 is 2.80 bits per heavy atom. The van der Waals surface area contributed by atoms with Gasteiger partial charge in [0.2, 0.25) is 0 Å². The van der Waals surface area contributed by atoms with Gasteiger partial charge in [0.1, 0.15) is 6.61 Å². The lowest BCUT2D eigenvalue weighted by Gasteiger charge is -2.00. The lowest BCUT2D eigenvalue weighted by molar-refractivity contribution is 0.271. The first kappa shape index (κ1) is 9.95. The summed E-state index contributed by atoms with van der Waals surface area (Å²) in [6.45, 7) is -0.313. The van der Waals surface area contributed by atoms with Crippen LogP contribution in [0.3, 0.4) is 0 Å². The summed E-state index contributed by atoms with van der Waals surface area (Å²) in [5.74, 6) is 0.208. The fraction of sp³-hybridized carbons (Fsp3) is 0.111. The molecule has 1 aromatic carbocycles. The lowest BCUT2D eigenvalue weighted by atomic mass is 10.3. The Bertz CT molecular complexity index is 532. The van der Waals surface area contributed by atoms with Gasteiger partial charge in [-0.15, -0.1) is 5.10 Å². The number of aromatic nitrogens is 3. The molecule has 5 nitrogen and oxygen atoms in total. The molecule has 0 unspecified atom stereocenters. The molecular formula is C9H8ClN3O2. The molecule has 15 heavy (non-hydrogen) atoms. The van der Waals surface area contributed by atoms with Crippen molar-refractivity contribution < 1.29 is 5.11 Å². The average Bonchev–Trinajstić information content (AvgIpc) is 2.60. The highest BCUT2D eigenvalue weighted by molar-refractivity contribution is 6.32. The molecule has 0 aliphatic rings. The van der Waals surface area contributed by atoms with Gasteiger partial charge in [-0.25, -0.2) is 4.79 Å². The van der Waals surface area contributed by atoms with Crippen molar-refractivity contribution in [1.29, 1.82) is 0 Å². The maximum absolute atomic E-state index is 11.4. The van der Waals surface area contributed by atoms with E-state index < -0.39 is 5.69 Å². The van der Waals surface area contributed by atoms with Gasteiger partial charge in [0.05, 0.1) is 10.7 Å². The highest BCUT2D eigenvalue weighted by Crippen LogP contribution is 2.16. The van der Waals surface area contributed by atoms with Crippen LogP contribution < -0.4 is 5.69 Å². The van der Waals surface area contributed by atoms with Crippen LogP contribution in [-0.2, 0) is 6.61 Å². The van der Waals surface area contributed by atoms with Gasteiger partial charge in [-0.05, 0) is 12.1 Å². The number of aliphatic hydroxyl groups is 1. The van der Waals surface area contributed by atoms with Crippen molar-refractivity contribution in [3.05, 3.63) is 45.6 Å². The van der Waals surface area contributed by atoms with Crippen LogP contribution in [0.15, 0.2) is 29.1 Å². The van der Waals surface area contributed by atoms with Crippen LogP contribution in [-0.4, -0.2) is 19.9 Å². The normalized spacial score (nSPS) is 10.5. The summed E-state index contributed by atoms with van der Waals surface area (Å²) in [4.78, 5) is 13.8. The van der Waals surface area contributed by atoms with Gasteiger partial charge in [0.25, 0.3) is 0 Å². The van der Waals surface area contributed by atoms with Gasteiger partial charge in [-0.1, -0.05) is 23.7 Å². The van der Waals surface area contributed by atoms with E-state index in [9.17, 15) is 4.79 Å². The maximum Gasteiger partial charge on any atom is 0.348 e. The predicted molar refractivity (Wildman–Crippen MR) is 55.1 cm³/mol. The first-order valence-corrected chi connectivity index (χ1v) is 4.64. The topological polar surface area (TPSA) is 70.9 Å². The molecule has 0 saturated carbocycles. The number of rotatable bonds is 2. The number of aliphatic hydroxyl groups excluding tert-OH is 1. The summed E-state index contributed by atoms with van der Waals surface area (Å²) in [6.07, 6.45) is 0. The molecule has 0 amide bonds. The lowest BCUT2D eigenvalue weighted by Crippen LogP contribution is -2.16. The van der Waals surface area contributed by atoms with Crippen molar-refractivity contribution in [2.24, 2.45) is 0 Å². The molecule has 0 radical (unpaired) electrons. The van der Waals surface area contributed by atoms with Crippen LogP contribution >= 0.6 is 11.6 Å². The molecule has 78 valence electrons. The zero-order valence-corrected chi connectivity index (χ0v) is 8.40. The summed E-state index contributed by atoms with van der Waals surface area (Å²) in [5, 5.41) is 13.1. The number of hydrogen-bond acceptors (Lipinski definition) is 3. The summed E-state index contributed by atoms with van der Waals surface area (Å²) >= 11 is 5.91. The number of para-hydroxylation sites is 1. The first-order chi connectivity index (χ1) is 7.22. The molecule has 1 aromatic heterocycles. The highest BCUT2D eigenvalue weighted by atomic mass is 35.5. The van der Waals surface area contributed by atoms with Gasteiger partial charge < -0.3 is 5.11 Å². The van der Waals surface area contributed by atoms with Gasteiger partial charge >= 0.3 is 5.69 Å². The van der Waals surface area contributed by atoms with E-state index in [1.807, 2.05) is 0 Å². The number of nitrogens with zero attached hydrogens (tertiary/aromatic N) is 2. The third kappa shape index (κ3) is 1.79. The second-order valence-electron chi connectivity index (χ2n) is 2.90. The number of halogens is 1. The van der Waals surface area contributed by atoms with E-state index in [0.717, 1.165) is 4.68 Å². The number of benzene rings is 1. The van der Waals surface area contributed by atoms with E-state index in [-0.39, 0.29) is 12.4 Å². The molecule has 2 rings (SSSR count). The monoisotopic (exact) mass is 225 g/mol. The Morgan fingerprint density at radius 1 is 1.47 bits per heavy atom. The molecule has 1 heterocycles. The van der Waals surface area contributed by atoms with Crippen LogP contribution in [0, 0.1) is 0 Å². The van der Waals surface area contributed by atoms with E-state index in [1.165, 1.54) is 0 Å². The zero-order valence-electron chi connectivity index (χ0n) is 7.64. The van der Waals surface area contributed by atoms with E-state index in [2.05, 4.69) is 10.1 Å². The Hall–Kier alpha value is -1.59. The molecule has 0 aliphatic heterocycles. The second-order valence-corrected chi connectivity index (χ2v) is 3.31. The summed E-state index contributed by atoms with van der Waals surface area (Å²) < 4.78 is 1.12. The van der Waals surface area contributed by atoms with Gasteiger partial charge in [0.15, 0.2) is 5.82 Å². The smallest absolute Gasteiger partial charge is 0.348 e. The van der Waals surface area contributed by atoms with Crippen molar-refractivity contribution in [3.8, 4) is 5.69 Å². The van der Waals surface area contributed by atoms with Crippen molar-refractivity contribution in [2.45, 2.75) is 6.61 Å². The SMILES string of the molecule is O=c1[nH]c(CO)nn1-c1ccccc1Cl. The molecule has 0 fully saturated rings. The molecular weight excluding hydrogens is 218 g/mol. The molecule has 6 heteroatoms. The van der Waals surface area contributed by atoms with E-state index in [4.69, 9.17) is 16.7 Å². The standard InChI is InChI=1S/C9H8ClN3O2/c10-6-3-1-2-4-7(6)13-9(15)11-8(5-14)12-13/h1-4,14H,5H2,(H,11,12,15). The first-order valence-electron chi connectivity index (χ1n) is 4.26. The zero-order chi connectivity index (χ0) is 10.8. The third-order valence-electron chi connectivity index (χ3n) is 1.89. The van der Waals surface area contributed by atoms with Crippen LogP contribution in [0.1, 0.15) is 5.82 Å². The molecule has 0 spiro atoms. The molecule has 0 saturated heterocycles. The van der Waals surface area contributed by atoms with Gasteiger partial charge in [-0.2, -0.15) is 4.68 Å². The Balaban J connectivity index is 2.59. The predicted octanol–water partition coefficient (Wildman–Crippen LogP) is 0.706. The Morgan fingerprint density at radius 2 is 2.20 bits per heavy atom. The average molecular weight is 226 g/mol. The quantitative estimate of drug-likeness (QED) is 0.791. The van der Waals surface area contributed by atoms with Gasteiger partial charge in [0, 0.05) is 0 Å². The fourth-order valence-corrected chi connectivity index (χ4v) is 1.44. The number of aromatic amines is 1. The molecule has 0 aliphatic carbocycles.